The maximum atomic E-state index is 4.34. The third kappa shape index (κ3) is 3.40. The number of pyridine rings is 1. The van der Waals surface area contributed by atoms with Gasteiger partial charge in [-0.25, -0.2) is 4.98 Å². The number of aryl methyl sites for hydroxylation is 1. The molecule has 3 nitrogen and oxygen atoms in total. The SMILES string of the molecule is Cc1ccc(CNCCc2cscn2)nc1. The molecule has 2 aromatic rings. The van der Waals surface area contributed by atoms with Crippen LogP contribution in [0.4, 0.5) is 0 Å². The molecule has 0 unspecified atom stereocenters. The van der Waals surface area contributed by atoms with Crippen molar-refractivity contribution >= 4 is 11.3 Å². The average molecular weight is 233 g/mol. The Balaban J connectivity index is 1.70. The third-order valence-electron chi connectivity index (χ3n) is 2.32. The lowest BCUT2D eigenvalue weighted by atomic mass is 10.2. The first-order chi connectivity index (χ1) is 7.84. The number of nitrogens with one attached hydrogen (secondary N) is 1. The summed E-state index contributed by atoms with van der Waals surface area (Å²) >= 11 is 1.64. The van der Waals surface area contributed by atoms with Crippen LogP contribution in [0, 0.1) is 6.92 Å². The van der Waals surface area contributed by atoms with E-state index in [0.29, 0.717) is 0 Å². The summed E-state index contributed by atoms with van der Waals surface area (Å²) in [5, 5.41) is 5.45. The maximum absolute atomic E-state index is 4.34. The first-order valence-corrected chi connectivity index (χ1v) is 6.28. The number of hydrogen-bond donors (Lipinski definition) is 1. The van der Waals surface area contributed by atoms with Crippen LogP contribution in [0.25, 0.3) is 0 Å². The Morgan fingerprint density at radius 2 is 2.19 bits per heavy atom. The molecule has 0 saturated carbocycles. The highest BCUT2D eigenvalue weighted by atomic mass is 32.1. The molecule has 84 valence electrons. The van der Waals surface area contributed by atoms with E-state index < -0.39 is 0 Å². The van der Waals surface area contributed by atoms with Gasteiger partial charge in [-0.05, 0) is 18.6 Å². The molecule has 0 bridgehead atoms. The van der Waals surface area contributed by atoms with E-state index in [1.54, 1.807) is 11.3 Å². The molecule has 16 heavy (non-hydrogen) atoms. The predicted molar refractivity (Wildman–Crippen MR) is 66.5 cm³/mol. The molecule has 2 aromatic heterocycles. The summed E-state index contributed by atoms with van der Waals surface area (Å²) in [7, 11) is 0. The van der Waals surface area contributed by atoms with Gasteiger partial charge in [0.15, 0.2) is 0 Å². The van der Waals surface area contributed by atoms with Crippen molar-refractivity contribution in [2.24, 2.45) is 0 Å². The fourth-order valence-electron chi connectivity index (χ4n) is 1.40. The molecule has 4 heteroatoms. The van der Waals surface area contributed by atoms with E-state index in [0.717, 1.165) is 30.9 Å². The minimum absolute atomic E-state index is 0.824. The van der Waals surface area contributed by atoms with Gasteiger partial charge < -0.3 is 5.32 Å². The molecule has 0 atom stereocenters. The second-order valence-electron chi connectivity index (χ2n) is 3.73. The van der Waals surface area contributed by atoms with Gasteiger partial charge in [-0.3, -0.25) is 4.98 Å². The largest absolute Gasteiger partial charge is 0.311 e. The molecule has 2 rings (SSSR count). The van der Waals surface area contributed by atoms with Crippen molar-refractivity contribution in [3.8, 4) is 0 Å². The Hall–Kier alpha value is -1.26. The highest BCUT2D eigenvalue weighted by Gasteiger charge is 1.96. The summed E-state index contributed by atoms with van der Waals surface area (Å²) in [5.74, 6) is 0. The molecule has 0 aliphatic rings. The third-order valence-corrected chi connectivity index (χ3v) is 2.96. The summed E-state index contributed by atoms with van der Waals surface area (Å²) < 4.78 is 0. The average Bonchev–Trinajstić information content (AvgIpc) is 2.80. The fraction of sp³-hybridized carbons (Fsp3) is 0.333. The Bertz CT molecular complexity index is 408. The van der Waals surface area contributed by atoms with Crippen LogP contribution in [0.2, 0.25) is 0 Å². The smallest absolute Gasteiger partial charge is 0.0794 e. The topological polar surface area (TPSA) is 37.8 Å². The Morgan fingerprint density at radius 3 is 2.88 bits per heavy atom. The zero-order valence-corrected chi connectivity index (χ0v) is 10.1. The van der Waals surface area contributed by atoms with Gasteiger partial charge in [0.25, 0.3) is 0 Å². The molecule has 0 spiro atoms. The van der Waals surface area contributed by atoms with Crippen molar-refractivity contribution in [1.29, 1.82) is 0 Å². The van der Waals surface area contributed by atoms with Gasteiger partial charge in [0.05, 0.1) is 16.9 Å². The number of thiazole rings is 1. The summed E-state index contributed by atoms with van der Waals surface area (Å²) in [5.41, 5.74) is 5.32. The molecule has 1 N–H and O–H groups in total. The molecule has 0 saturated heterocycles. The standard InChI is InChI=1S/C12H15N3S/c1-10-2-3-11(14-6-10)7-13-5-4-12-8-16-9-15-12/h2-3,6,8-9,13H,4-5,7H2,1H3. The van der Waals surface area contributed by atoms with Crippen LogP contribution in [0.1, 0.15) is 17.0 Å². The first kappa shape index (κ1) is 11.2. The van der Waals surface area contributed by atoms with Gasteiger partial charge in [-0.15, -0.1) is 11.3 Å². The molecule has 0 aliphatic heterocycles. The minimum atomic E-state index is 0.824. The van der Waals surface area contributed by atoms with E-state index in [1.165, 1.54) is 5.56 Å². The number of hydrogen-bond acceptors (Lipinski definition) is 4. The van der Waals surface area contributed by atoms with E-state index in [4.69, 9.17) is 0 Å². The van der Waals surface area contributed by atoms with Gasteiger partial charge in [0.1, 0.15) is 0 Å². The van der Waals surface area contributed by atoms with Crippen LogP contribution < -0.4 is 5.32 Å². The maximum Gasteiger partial charge on any atom is 0.0794 e. The Morgan fingerprint density at radius 1 is 1.25 bits per heavy atom. The van der Waals surface area contributed by atoms with E-state index >= 15 is 0 Å². The first-order valence-electron chi connectivity index (χ1n) is 5.34. The van der Waals surface area contributed by atoms with Crippen molar-refractivity contribution in [2.45, 2.75) is 19.9 Å². The highest BCUT2D eigenvalue weighted by Crippen LogP contribution is 2.01. The molecule has 0 aromatic carbocycles. The van der Waals surface area contributed by atoms with Crippen LogP contribution in [0.15, 0.2) is 29.2 Å². The molecular formula is C12H15N3S. The van der Waals surface area contributed by atoms with E-state index in [-0.39, 0.29) is 0 Å². The summed E-state index contributed by atoms with van der Waals surface area (Å²) in [6.45, 7) is 3.82. The minimum Gasteiger partial charge on any atom is -0.311 e. The van der Waals surface area contributed by atoms with Gasteiger partial charge in [-0.2, -0.15) is 0 Å². The predicted octanol–water partition coefficient (Wildman–Crippen LogP) is 2.18. The van der Waals surface area contributed by atoms with Crippen molar-refractivity contribution in [3.05, 3.63) is 46.2 Å². The van der Waals surface area contributed by atoms with Crippen molar-refractivity contribution in [1.82, 2.24) is 15.3 Å². The van der Waals surface area contributed by atoms with Crippen molar-refractivity contribution in [2.75, 3.05) is 6.54 Å². The number of rotatable bonds is 5. The molecule has 2 heterocycles. The van der Waals surface area contributed by atoms with Crippen molar-refractivity contribution in [3.63, 3.8) is 0 Å². The van der Waals surface area contributed by atoms with Gasteiger partial charge in [0, 0.05) is 31.1 Å². The van der Waals surface area contributed by atoms with E-state index in [1.807, 2.05) is 18.6 Å². The monoisotopic (exact) mass is 233 g/mol. The molecular weight excluding hydrogens is 218 g/mol. The second kappa shape index (κ2) is 5.72. The zero-order valence-electron chi connectivity index (χ0n) is 9.31. The van der Waals surface area contributed by atoms with Crippen LogP contribution in [0.5, 0.6) is 0 Å². The quantitative estimate of drug-likeness (QED) is 0.804. The summed E-state index contributed by atoms with van der Waals surface area (Å²) in [6.07, 6.45) is 2.88. The van der Waals surface area contributed by atoms with Crippen LogP contribution >= 0.6 is 11.3 Å². The highest BCUT2D eigenvalue weighted by molar-refractivity contribution is 7.07. The lowest BCUT2D eigenvalue weighted by Gasteiger charge is -2.03. The summed E-state index contributed by atoms with van der Waals surface area (Å²) in [4.78, 5) is 8.57. The van der Waals surface area contributed by atoms with Gasteiger partial charge in [0.2, 0.25) is 0 Å². The van der Waals surface area contributed by atoms with Gasteiger partial charge in [-0.1, -0.05) is 6.07 Å². The number of aromatic nitrogens is 2. The lowest BCUT2D eigenvalue weighted by Crippen LogP contribution is -2.17. The molecule has 0 amide bonds. The van der Waals surface area contributed by atoms with Crippen LogP contribution in [-0.2, 0) is 13.0 Å². The Kier molecular flexibility index (Phi) is 4.02. The molecule has 0 aliphatic carbocycles. The molecule has 0 fully saturated rings. The molecule has 0 radical (unpaired) electrons. The second-order valence-corrected chi connectivity index (χ2v) is 4.45. The van der Waals surface area contributed by atoms with Crippen LogP contribution in [-0.4, -0.2) is 16.5 Å². The lowest BCUT2D eigenvalue weighted by molar-refractivity contribution is 0.669. The summed E-state index contributed by atoms with van der Waals surface area (Å²) in [6, 6.07) is 4.15. The zero-order chi connectivity index (χ0) is 11.2. The van der Waals surface area contributed by atoms with Gasteiger partial charge >= 0.3 is 0 Å². The van der Waals surface area contributed by atoms with Crippen molar-refractivity contribution < 1.29 is 0 Å². The Labute approximate surface area is 99.6 Å². The number of nitrogens with zero attached hydrogens (tertiary/aromatic N) is 2. The normalized spacial score (nSPS) is 10.6. The fourth-order valence-corrected chi connectivity index (χ4v) is 1.99. The van der Waals surface area contributed by atoms with E-state index in [9.17, 15) is 0 Å². The van der Waals surface area contributed by atoms with E-state index in [2.05, 4.69) is 32.8 Å². The van der Waals surface area contributed by atoms with Crippen LogP contribution in [0.3, 0.4) is 0 Å².